The van der Waals surface area contributed by atoms with Crippen LogP contribution in [0.1, 0.15) is 324 Å². The first-order valence-corrected chi connectivity index (χ1v) is 35.9. The Labute approximate surface area is 409 Å². The normalized spacial score (nSPS) is 12.2. The predicted molar refractivity (Wildman–Crippen MR) is 303 cm³/mol. The maximum Gasteiger partial charge on any atom is 0.0867 e. The van der Waals surface area contributed by atoms with Gasteiger partial charge in [0, 0.05) is 0 Å². The summed E-state index contributed by atoms with van der Waals surface area (Å²) in [7, 11) is -3.15. The van der Waals surface area contributed by atoms with Gasteiger partial charge >= 0.3 is 0 Å². The second kappa shape index (κ2) is 46.4. The standard InChI is InChI=1S/C62H122Si2/c1-7-13-19-25-27-29-31-33-35-37-39-41-43-49-59-63(55-45-21-15-9-3,56-46-22-16-10-4)61-51-53-62(54-52-61)64(57-47-23-17-11-5,58-48-24-18-12-6)60-50-44-42-40-38-36-34-32-30-28-26-20-14-8-2/h51-54H,7-50,55-60H2,1-6H3. The molecule has 64 heavy (non-hydrogen) atoms. The molecule has 1 aromatic rings. The molecule has 2 heteroatoms. The van der Waals surface area contributed by atoms with Gasteiger partial charge in [-0.25, -0.2) is 0 Å². The van der Waals surface area contributed by atoms with E-state index in [0.29, 0.717) is 0 Å². The third kappa shape index (κ3) is 32.4. The Balaban J connectivity index is 3.09. The van der Waals surface area contributed by atoms with Crippen molar-refractivity contribution >= 4 is 26.5 Å². The minimum Gasteiger partial charge on any atom is -0.0654 e. The van der Waals surface area contributed by atoms with Gasteiger partial charge in [-0.15, -0.1) is 0 Å². The van der Waals surface area contributed by atoms with Crippen LogP contribution in [0.15, 0.2) is 24.3 Å². The van der Waals surface area contributed by atoms with Crippen LogP contribution in [0.3, 0.4) is 0 Å². The van der Waals surface area contributed by atoms with Gasteiger partial charge in [-0.2, -0.15) is 0 Å². The fourth-order valence-corrected chi connectivity index (χ4v) is 22.2. The summed E-state index contributed by atoms with van der Waals surface area (Å²) in [5.41, 5.74) is 0. The van der Waals surface area contributed by atoms with Crippen molar-refractivity contribution in [3.8, 4) is 0 Å². The van der Waals surface area contributed by atoms with Crippen LogP contribution in [0.5, 0.6) is 0 Å². The van der Waals surface area contributed by atoms with Gasteiger partial charge in [-0.05, 0) is 0 Å². The lowest BCUT2D eigenvalue weighted by molar-refractivity contribution is 0.538. The molecule has 0 fully saturated rings. The Kier molecular flexibility index (Phi) is 44.7. The molecular formula is C62H122Si2. The Morgan fingerprint density at radius 2 is 0.312 bits per heavy atom. The molecule has 1 rings (SSSR count). The zero-order valence-electron chi connectivity index (χ0n) is 45.7. The predicted octanol–water partition coefficient (Wildman–Crippen LogP) is 22.3. The van der Waals surface area contributed by atoms with Crippen molar-refractivity contribution in [3.63, 3.8) is 0 Å². The second-order valence-corrected chi connectivity index (χ2v) is 31.3. The average Bonchev–Trinajstić information content (AvgIpc) is 3.31. The summed E-state index contributed by atoms with van der Waals surface area (Å²) < 4.78 is 0. The molecule has 0 nitrogen and oxygen atoms in total. The third-order valence-corrected chi connectivity index (χ3v) is 27.1. The fraction of sp³-hybridized carbons (Fsp3) is 0.903. The number of hydrogen-bond donors (Lipinski definition) is 0. The van der Waals surface area contributed by atoms with Gasteiger partial charge in [0.1, 0.15) is 0 Å². The van der Waals surface area contributed by atoms with Crippen LogP contribution in [0.4, 0.5) is 0 Å². The van der Waals surface area contributed by atoms with Crippen LogP contribution in [0.2, 0.25) is 36.3 Å². The van der Waals surface area contributed by atoms with Gasteiger partial charge in [0.05, 0.1) is 16.1 Å². The molecule has 0 spiro atoms. The molecule has 0 aromatic heterocycles. The molecule has 0 saturated heterocycles. The molecular weight excluding hydrogens is 801 g/mol. The Morgan fingerprint density at radius 3 is 0.469 bits per heavy atom. The first-order chi connectivity index (χ1) is 31.6. The molecule has 0 aliphatic carbocycles. The Bertz CT molecular complexity index is 938. The summed E-state index contributed by atoms with van der Waals surface area (Å²) in [5, 5.41) is 3.77. The lowest BCUT2D eigenvalue weighted by atomic mass is 10.0. The summed E-state index contributed by atoms with van der Waals surface area (Å²) in [6.45, 7) is 14.3. The molecule has 0 atom stereocenters. The molecule has 0 saturated carbocycles. The SMILES string of the molecule is CCCCCCCCCCCCCCCC[Si](CCCCCC)(CCCCCC)c1ccc([Si](CCCCCC)(CCCCCC)CCCCCCCCCCCCCCCC)cc1. The minimum atomic E-state index is -1.58. The monoisotopic (exact) mass is 923 g/mol. The molecule has 0 bridgehead atoms. The highest BCUT2D eigenvalue weighted by atomic mass is 28.3. The highest BCUT2D eigenvalue weighted by Gasteiger charge is 2.36. The van der Waals surface area contributed by atoms with Crippen molar-refractivity contribution in [2.24, 2.45) is 0 Å². The first kappa shape index (κ1) is 61.7. The van der Waals surface area contributed by atoms with Crippen molar-refractivity contribution in [2.75, 3.05) is 0 Å². The van der Waals surface area contributed by atoms with E-state index in [1.807, 2.05) is 10.4 Å². The van der Waals surface area contributed by atoms with Crippen molar-refractivity contribution < 1.29 is 0 Å². The van der Waals surface area contributed by atoms with E-state index < -0.39 is 16.1 Å². The van der Waals surface area contributed by atoms with Crippen LogP contribution in [-0.4, -0.2) is 16.1 Å². The van der Waals surface area contributed by atoms with Crippen LogP contribution >= 0.6 is 0 Å². The molecule has 0 amide bonds. The largest absolute Gasteiger partial charge is 0.0867 e. The molecule has 0 N–H and O–H groups in total. The molecule has 0 radical (unpaired) electrons. The fourth-order valence-electron chi connectivity index (χ4n) is 11.7. The minimum absolute atomic E-state index is 1.36. The van der Waals surface area contributed by atoms with Crippen LogP contribution in [0, 0.1) is 0 Å². The zero-order valence-corrected chi connectivity index (χ0v) is 47.7. The lowest BCUT2D eigenvalue weighted by Gasteiger charge is -2.36. The maximum atomic E-state index is 2.83. The van der Waals surface area contributed by atoms with E-state index in [1.54, 1.807) is 36.3 Å². The Hall–Kier alpha value is -0.346. The van der Waals surface area contributed by atoms with Crippen LogP contribution < -0.4 is 10.4 Å². The number of rotatable bonds is 52. The van der Waals surface area contributed by atoms with Crippen LogP contribution in [0.25, 0.3) is 0 Å². The number of unbranched alkanes of at least 4 members (excludes halogenated alkanes) is 38. The quantitative estimate of drug-likeness (QED) is 0.0451. The van der Waals surface area contributed by atoms with Crippen molar-refractivity contribution in [1.29, 1.82) is 0 Å². The third-order valence-electron chi connectivity index (χ3n) is 16.2. The van der Waals surface area contributed by atoms with E-state index in [0.717, 1.165) is 0 Å². The lowest BCUT2D eigenvalue weighted by Crippen LogP contribution is -2.51. The van der Waals surface area contributed by atoms with E-state index >= 15 is 0 Å². The van der Waals surface area contributed by atoms with E-state index in [2.05, 4.69) is 65.8 Å². The summed E-state index contributed by atoms with van der Waals surface area (Å²) in [5.74, 6) is 0. The van der Waals surface area contributed by atoms with Crippen LogP contribution in [-0.2, 0) is 0 Å². The van der Waals surface area contributed by atoms with E-state index in [-0.39, 0.29) is 0 Å². The van der Waals surface area contributed by atoms with Crippen molar-refractivity contribution in [1.82, 2.24) is 0 Å². The highest BCUT2D eigenvalue weighted by Crippen LogP contribution is 2.33. The van der Waals surface area contributed by atoms with Gasteiger partial charge in [0.15, 0.2) is 0 Å². The molecule has 0 unspecified atom stereocenters. The summed E-state index contributed by atoms with van der Waals surface area (Å²) in [6, 6.07) is 20.7. The zero-order chi connectivity index (χ0) is 46.3. The number of benzene rings is 1. The van der Waals surface area contributed by atoms with E-state index in [1.165, 1.54) is 283 Å². The van der Waals surface area contributed by atoms with Gasteiger partial charge in [0.25, 0.3) is 0 Å². The smallest absolute Gasteiger partial charge is 0.0654 e. The average molecular weight is 924 g/mol. The van der Waals surface area contributed by atoms with Gasteiger partial charge < -0.3 is 0 Å². The summed E-state index contributed by atoms with van der Waals surface area (Å²) in [6.07, 6.45) is 64.1. The maximum absolute atomic E-state index is 2.83. The van der Waals surface area contributed by atoms with Gasteiger partial charge in [0.2, 0.25) is 0 Å². The molecule has 0 aliphatic heterocycles. The second-order valence-electron chi connectivity index (χ2n) is 22.1. The summed E-state index contributed by atoms with van der Waals surface area (Å²) in [4.78, 5) is 0. The van der Waals surface area contributed by atoms with E-state index in [4.69, 9.17) is 0 Å². The van der Waals surface area contributed by atoms with Crippen molar-refractivity contribution in [2.45, 2.75) is 360 Å². The summed E-state index contributed by atoms with van der Waals surface area (Å²) >= 11 is 0. The molecule has 378 valence electrons. The molecule has 1 aromatic carbocycles. The van der Waals surface area contributed by atoms with Gasteiger partial charge in [-0.1, -0.05) is 395 Å². The van der Waals surface area contributed by atoms with Gasteiger partial charge in [-0.3, -0.25) is 0 Å². The number of hydrogen-bond acceptors (Lipinski definition) is 0. The van der Waals surface area contributed by atoms with E-state index in [9.17, 15) is 0 Å². The Morgan fingerprint density at radius 1 is 0.188 bits per heavy atom. The topological polar surface area (TPSA) is 0 Å². The molecule has 0 heterocycles. The molecule has 0 aliphatic rings. The van der Waals surface area contributed by atoms with Crippen molar-refractivity contribution in [3.05, 3.63) is 24.3 Å². The highest BCUT2D eigenvalue weighted by molar-refractivity contribution is 6.93. The first-order valence-electron chi connectivity index (χ1n) is 30.7.